The number of aliphatic hydroxyl groups is 2. The number of hydrogen-bond acceptors (Lipinski definition) is 5. The lowest BCUT2D eigenvalue weighted by Gasteiger charge is -2.20. The van der Waals surface area contributed by atoms with Crippen molar-refractivity contribution in [1.29, 1.82) is 0 Å². The molecule has 0 saturated carbocycles. The van der Waals surface area contributed by atoms with Gasteiger partial charge in [0, 0.05) is 22.7 Å². The van der Waals surface area contributed by atoms with E-state index < -0.39 is 18.3 Å². The first-order chi connectivity index (χ1) is 12.5. The molecule has 2 rings (SSSR count). The minimum absolute atomic E-state index is 0.0606. The second kappa shape index (κ2) is 9.91. The first kappa shape index (κ1) is 19.9. The smallest absolute Gasteiger partial charge is 0.407 e. The minimum Gasteiger partial charge on any atom is -0.445 e. The van der Waals surface area contributed by atoms with Crippen molar-refractivity contribution in [2.75, 3.05) is 6.54 Å². The summed E-state index contributed by atoms with van der Waals surface area (Å²) < 4.78 is 5.05. The van der Waals surface area contributed by atoms with Gasteiger partial charge in [-0.25, -0.2) is 4.79 Å². The second-order valence-corrected chi connectivity index (χ2v) is 6.06. The van der Waals surface area contributed by atoms with E-state index in [1.807, 2.05) is 30.3 Å². The predicted molar refractivity (Wildman–Crippen MR) is 97.1 cm³/mol. The standard InChI is InChI=1S/C19H20ClNO5/c20-15-8-4-7-14(11-22)17(15)18(24)16(23)9-10-21-19(25)26-12-13-5-2-1-3-6-13/h1-8,11,16,18,23-24H,9-10,12H2,(H,21,25). The fourth-order valence-corrected chi connectivity index (χ4v) is 2.71. The van der Waals surface area contributed by atoms with Gasteiger partial charge in [-0.2, -0.15) is 0 Å². The highest BCUT2D eigenvalue weighted by atomic mass is 35.5. The molecule has 138 valence electrons. The van der Waals surface area contributed by atoms with Crippen LogP contribution in [0.3, 0.4) is 0 Å². The van der Waals surface area contributed by atoms with E-state index in [2.05, 4.69) is 5.32 Å². The summed E-state index contributed by atoms with van der Waals surface area (Å²) in [7, 11) is 0. The summed E-state index contributed by atoms with van der Waals surface area (Å²) in [5, 5.41) is 23.1. The van der Waals surface area contributed by atoms with Gasteiger partial charge >= 0.3 is 6.09 Å². The van der Waals surface area contributed by atoms with E-state index in [1.165, 1.54) is 12.1 Å². The fraction of sp³-hybridized carbons (Fsp3) is 0.263. The summed E-state index contributed by atoms with van der Waals surface area (Å²) in [6, 6.07) is 13.8. The van der Waals surface area contributed by atoms with Crippen LogP contribution in [0, 0.1) is 0 Å². The van der Waals surface area contributed by atoms with Gasteiger partial charge in [0.05, 0.1) is 6.10 Å². The van der Waals surface area contributed by atoms with Crippen LogP contribution in [0.25, 0.3) is 0 Å². The van der Waals surface area contributed by atoms with Gasteiger partial charge in [0.25, 0.3) is 0 Å². The van der Waals surface area contributed by atoms with Crippen LogP contribution in [0.15, 0.2) is 48.5 Å². The number of carbonyl (C=O) groups is 2. The lowest BCUT2D eigenvalue weighted by atomic mass is 9.97. The molecule has 1 amide bonds. The average molecular weight is 378 g/mol. The predicted octanol–water partition coefficient (Wildman–Crippen LogP) is 2.86. The van der Waals surface area contributed by atoms with Gasteiger partial charge in [-0.1, -0.05) is 54.1 Å². The van der Waals surface area contributed by atoms with Crippen LogP contribution in [-0.2, 0) is 11.3 Å². The zero-order valence-corrected chi connectivity index (χ0v) is 14.7. The maximum atomic E-state index is 11.6. The quantitative estimate of drug-likeness (QED) is 0.615. The number of aldehydes is 1. The number of halogens is 1. The van der Waals surface area contributed by atoms with E-state index in [1.54, 1.807) is 6.07 Å². The second-order valence-electron chi connectivity index (χ2n) is 5.65. The van der Waals surface area contributed by atoms with E-state index in [9.17, 15) is 19.8 Å². The van der Waals surface area contributed by atoms with Crippen LogP contribution >= 0.6 is 11.6 Å². The molecular formula is C19H20ClNO5. The number of amides is 1. The first-order valence-electron chi connectivity index (χ1n) is 8.07. The summed E-state index contributed by atoms with van der Waals surface area (Å²) in [6.45, 7) is 0.229. The molecule has 26 heavy (non-hydrogen) atoms. The van der Waals surface area contributed by atoms with Crippen LogP contribution in [0.2, 0.25) is 5.02 Å². The van der Waals surface area contributed by atoms with Gasteiger partial charge in [-0.15, -0.1) is 0 Å². The van der Waals surface area contributed by atoms with Crippen LogP contribution < -0.4 is 5.32 Å². The van der Waals surface area contributed by atoms with Gasteiger partial charge < -0.3 is 20.3 Å². The molecule has 2 atom stereocenters. The Kier molecular flexibility index (Phi) is 7.59. The topological polar surface area (TPSA) is 95.9 Å². The molecule has 0 radical (unpaired) electrons. The maximum absolute atomic E-state index is 11.6. The molecule has 2 aromatic rings. The molecule has 0 aliphatic carbocycles. The summed E-state index contributed by atoms with van der Waals surface area (Å²) in [4.78, 5) is 22.7. The van der Waals surface area contributed by atoms with E-state index in [-0.39, 0.29) is 35.7 Å². The molecule has 0 aliphatic rings. The van der Waals surface area contributed by atoms with E-state index >= 15 is 0 Å². The molecule has 2 aromatic carbocycles. The van der Waals surface area contributed by atoms with Crippen molar-refractivity contribution in [3.05, 3.63) is 70.2 Å². The van der Waals surface area contributed by atoms with Crippen LogP contribution in [0.1, 0.15) is 34.0 Å². The zero-order valence-electron chi connectivity index (χ0n) is 14.0. The Morgan fingerprint density at radius 1 is 1.15 bits per heavy atom. The Hall–Kier alpha value is -2.41. The van der Waals surface area contributed by atoms with Crippen molar-refractivity contribution in [1.82, 2.24) is 5.32 Å². The fourth-order valence-electron chi connectivity index (χ4n) is 2.42. The molecule has 0 aliphatic heterocycles. The van der Waals surface area contributed by atoms with E-state index in [0.717, 1.165) is 5.56 Å². The number of benzene rings is 2. The highest BCUT2D eigenvalue weighted by Crippen LogP contribution is 2.29. The number of nitrogens with one attached hydrogen (secondary N) is 1. The van der Waals surface area contributed by atoms with Crippen LogP contribution in [-0.4, -0.2) is 35.2 Å². The molecule has 0 saturated heterocycles. The van der Waals surface area contributed by atoms with Crippen molar-refractivity contribution in [3.63, 3.8) is 0 Å². The van der Waals surface area contributed by atoms with Crippen molar-refractivity contribution in [2.45, 2.75) is 25.2 Å². The minimum atomic E-state index is -1.34. The largest absolute Gasteiger partial charge is 0.445 e. The van der Waals surface area contributed by atoms with Gasteiger partial charge in [-0.3, -0.25) is 4.79 Å². The SMILES string of the molecule is O=Cc1cccc(Cl)c1C(O)C(O)CCNC(=O)OCc1ccccc1. The number of carbonyl (C=O) groups excluding carboxylic acids is 2. The Morgan fingerprint density at radius 3 is 2.58 bits per heavy atom. The molecule has 3 N–H and O–H groups in total. The monoisotopic (exact) mass is 377 g/mol. The number of hydrogen-bond donors (Lipinski definition) is 3. The summed E-state index contributed by atoms with van der Waals surface area (Å²) in [5.41, 5.74) is 1.24. The Bertz CT molecular complexity index is 738. The number of ether oxygens (including phenoxy) is 1. The lowest BCUT2D eigenvalue weighted by molar-refractivity contribution is 0.0134. The normalized spacial score (nSPS) is 12.9. The van der Waals surface area contributed by atoms with Gasteiger partial charge in [-0.05, 0) is 18.1 Å². The maximum Gasteiger partial charge on any atom is 0.407 e. The van der Waals surface area contributed by atoms with Crippen molar-refractivity contribution in [2.24, 2.45) is 0 Å². The van der Waals surface area contributed by atoms with E-state index in [0.29, 0.717) is 6.29 Å². The van der Waals surface area contributed by atoms with Crippen LogP contribution in [0.5, 0.6) is 0 Å². The molecule has 0 spiro atoms. The Morgan fingerprint density at radius 2 is 1.88 bits per heavy atom. The Balaban J connectivity index is 1.80. The highest BCUT2D eigenvalue weighted by Gasteiger charge is 2.23. The number of alkyl carbamates (subject to hydrolysis) is 1. The molecule has 0 aromatic heterocycles. The van der Waals surface area contributed by atoms with Crippen LogP contribution in [0.4, 0.5) is 4.79 Å². The van der Waals surface area contributed by atoms with Crippen molar-refractivity contribution in [3.8, 4) is 0 Å². The van der Waals surface area contributed by atoms with Gasteiger partial charge in [0.15, 0.2) is 0 Å². The zero-order chi connectivity index (χ0) is 18.9. The number of rotatable bonds is 8. The molecular weight excluding hydrogens is 358 g/mol. The first-order valence-corrected chi connectivity index (χ1v) is 8.45. The summed E-state index contributed by atoms with van der Waals surface area (Å²) >= 11 is 6.01. The third-order valence-electron chi connectivity index (χ3n) is 3.80. The Labute approximate surface area is 156 Å². The molecule has 0 heterocycles. The summed E-state index contributed by atoms with van der Waals surface area (Å²) in [5.74, 6) is 0. The molecule has 0 fully saturated rings. The third-order valence-corrected chi connectivity index (χ3v) is 4.13. The van der Waals surface area contributed by atoms with Gasteiger partial charge in [0.1, 0.15) is 19.0 Å². The molecule has 0 bridgehead atoms. The molecule has 7 heteroatoms. The number of aliphatic hydroxyl groups excluding tert-OH is 2. The van der Waals surface area contributed by atoms with Crippen molar-refractivity contribution >= 4 is 24.0 Å². The lowest BCUT2D eigenvalue weighted by Crippen LogP contribution is -2.30. The average Bonchev–Trinajstić information content (AvgIpc) is 2.66. The summed E-state index contributed by atoms with van der Waals surface area (Å²) in [6.07, 6.45) is -2.54. The van der Waals surface area contributed by atoms with E-state index in [4.69, 9.17) is 16.3 Å². The van der Waals surface area contributed by atoms with Crippen molar-refractivity contribution < 1.29 is 24.5 Å². The molecule has 6 nitrogen and oxygen atoms in total. The highest BCUT2D eigenvalue weighted by molar-refractivity contribution is 6.31. The molecule has 2 unspecified atom stereocenters. The third kappa shape index (κ3) is 5.56. The van der Waals surface area contributed by atoms with Gasteiger partial charge in [0.2, 0.25) is 0 Å².